The molecular formula is C25H29N3O4. The first-order valence-electron chi connectivity index (χ1n) is 10.9. The van der Waals surface area contributed by atoms with Crippen LogP contribution in [-0.2, 0) is 20.8 Å². The molecule has 4 rings (SSSR count). The first-order valence-corrected chi connectivity index (χ1v) is 10.9. The molecule has 32 heavy (non-hydrogen) atoms. The molecule has 1 fully saturated rings. The Hall–Kier alpha value is -3.16. The first-order chi connectivity index (χ1) is 15.7. The van der Waals surface area contributed by atoms with Crippen LogP contribution in [0.15, 0.2) is 60.8 Å². The summed E-state index contributed by atoms with van der Waals surface area (Å²) < 4.78 is 18.2. The highest BCUT2D eigenvalue weighted by Crippen LogP contribution is 2.29. The van der Waals surface area contributed by atoms with E-state index in [1.807, 2.05) is 66.2 Å². The maximum absolute atomic E-state index is 12.1. The molecule has 2 aromatic carbocycles. The molecule has 0 unspecified atom stereocenters. The Morgan fingerprint density at radius 3 is 2.81 bits per heavy atom. The monoisotopic (exact) mass is 435 g/mol. The molecule has 0 amide bonds. The van der Waals surface area contributed by atoms with Gasteiger partial charge in [-0.25, -0.2) is 4.68 Å². The molecule has 168 valence electrons. The topological polar surface area (TPSA) is 65.8 Å². The highest BCUT2D eigenvalue weighted by molar-refractivity contribution is 5.70. The van der Waals surface area contributed by atoms with Gasteiger partial charge in [-0.1, -0.05) is 30.3 Å². The Morgan fingerprint density at radius 2 is 2.03 bits per heavy atom. The number of carbonyl (C=O) groups excluding carboxylic acids is 1. The summed E-state index contributed by atoms with van der Waals surface area (Å²) in [7, 11) is 1.66. The Bertz CT molecular complexity index is 1030. The van der Waals surface area contributed by atoms with Crippen LogP contribution < -0.4 is 4.74 Å². The number of morpholine rings is 1. The number of ether oxygens (including phenoxy) is 3. The molecule has 7 heteroatoms. The van der Waals surface area contributed by atoms with Gasteiger partial charge in [0.15, 0.2) is 0 Å². The van der Waals surface area contributed by atoms with Crippen LogP contribution in [0, 0.1) is 0 Å². The molecule has 0 bridgehead atoms. The molecule has 0 aliphatic carbocycles. The number of carbonyl (C=O) groups is 1. The van der Waals surface area contributed by atoms with E-state index in [-0.39, 0.29) is 12.0 Å². The van der Waals surface area contributed by atoms with E-state index in [9.17, 15) is 4.79 Å². The Kier molecular flexibility index (Phi) is 7.19. The molecule has 2 heterocycles. The smallest absolute Gasteiger partial charge is 0.307 e. The van der Waals surface area contributed by atoms with Crippen LogP contribution in [0.4, 0.5) is 0 Å². The number of hydrogen-bond donors (Lipinski definition) is 0. The maximum atomic E-state index is 12.1. The van der Waals surface area contributed by atoms with Gasteiger partial charge >= 0.3 is 5.97 Å². The zero-order valence-electron chi connectivity index (χ0n) is 18.6. The van der Waals surface area contributed by atoms with Crippen molar-refractivity contribution in [2.75, 3.05) is 33.5 Å². The number of benzene rings is 2. The second kappa shape index (κ2) is 10.4. The van der Waals surface area contributed by atoms with E-state index in [0.29, 0.717) is 32.8 Å². The minimum absolute atomic E-state index is 0.0268. The van der Waals surface area contributed by atoms with Crippen molar-refractivity contribution in [1.29, 1.82) is 0 Å². The molecule has 0 N–H and O–H groups in total. The molecule has 1 aromatic heterocycles. The van der Waals surface area contributed by atoms with E-state index >= 15 is 0 Å². The van der Waals surface area contributed by atoms with Crippen molar-refractivity contribution < 1.29 is 19.0 Å². The molecule has 3 aromatic rings. The normalized spacial score (nSPS) is 16.6. The van der Waals surface area contributed by atoms with Gasteiger partial charge in [0, 0.05) is 36.5 Å². The van der Waals surface area contributed by atoms with E-state index < -0.39 is 0 Å². The lowest BCUT2D eigenvalue weighted by Crippen LogP contribution is -2.46. The van der Waals surface area contributed by atoms with Crippen LogP contribution in [0.5, 0.6) is 5.75 Å². The van der Waals surface area contributed by atoms with Gasteiger partial charge in [0.1, 0.15) is 5.75 Å². The highest BCUT2D eigenvalue weighted by atomic mass is 16.5. The fourth-order valence-electron chi connectivity index (χ4n) is 3.97. The molecule has 1 saturated heterocycles. The van der Waals surface area contributed by atoms with Crippen LogP contribution >= 0.6 is 0 Å². The molecule has 0 radical (unpaired) electrons. The van der Waals surface area contributed by atoms with Crippen LogP contribution in [0.1, 0.15) is 18.9 Å². The van der Waals surface area contributed by atoms with E-state index in [2.05, 4.69) is 11.1 Å². The average Bonchev–Trinajstić information content (AvgIpc) is 3.25. The predicted octanol–water partition coefficient (Wildman–Crippen LogP) is 3.70. The summed E-state index contributed by atoms with van der Waals surface area (Å²) in [5, 5.41) is 4.92. The van der Waals surface area contributed by atoms with E-state index in [0.717, 1.165) is 34.8 Å². The number of para-hydroxylation sites is 1. The van der Waals surface area contributed by atoms with E-state index in [4.69, 9.17) is 19.3 Å². The Labute approximate surface area is 188 Å². The van der Waals surface area contributed by atoms with Crippen LogP contribution in [-0.4, -0.2) is 60.2 Å². The first kappa shape index (κ1) is 22.0. The fraction of sp³-hybridized carbons (Fsp3) is 0.360. The highest BCUT2D eigenvalue weighted by Gasteiger charge is 2.27. The largest absolute Gasteiger partial charge is 0.497 e. The van der Waals surface area contributed by atoms with Gasteiger partial charge in [0.2, 0.25) is 0 Å². The third-order valence-corrected chi connectivity index (χ3v) is 5.58. The van der Waals surface area contributed by atoms with E-state index in [1.165, 1.54) is 0 Å². The number of aromatic nitrogens is 2. The molecule has 0 saturated carbocycles. The zero-order valence-corrected chi connectivity index (χ0v) is 18.6. The van der Waals surface area contributed by atoms with Crippen molar-refractivity contribution in [3.05, 3.63) is 66.4 Å². The summed E-state index contributed by atoms with van der Waals surface area (Å²) in [6.45, 7) is 4.77. The second-order valence-electron chi connectivity index (χ2n) is 7.72. The van der Waals surface area contributed by atoms with Gasteiger partial charge in [-0.15, -0.1) is 0 Å². The predicted molar refractivity (Wildman–Crippen MR) is 122 cm³/mol. The minimum atomic E-state index is -0.194. The van der Waals surface area contributed by atoms with Gasteiger partial charge in [-0.2, -0.15) is 5.10 Å². The quantitative estimate of drug-likeness (QED) is 0.503. The van der Waals surface area contributed by atoms with Gasteiger partial charge in [-0.3, -0.25) is 9.69 Å². The van der Waals surface area contributed by atoms with Crippen molar-refractivity contribution >= 4 is 5.97 Å². The summed E-state index contributed by atoms with van der Waals surface area (Å²) in [5.41, 5.74) is 3.96. The molecule has 1 aliphatic heterocycles. The standard InChI is InChI=1S/C25H29N3O4/c1-3-32-24(29)15-22-18-31-13-12-27(22)16-20-17-28(21-9-5-4-6-10-21)26-25(20)19-8-7-11-23(14-19)30-2/h4-11,14,17,22H,3,12-13,15-16,18H2,1-2H3/t22-/m1/s1. The number of hydrogen-bond acceptors (Lipinski definition) is 6. The molecule has 1 aliphatic rings. The van der Waals surface area contributed by atoms with Crippen LogP contribution in [0.3, 0.4) is 0 Å². The van der Waals surface area contributed by atoms with Crippen molar-refractivity contribution in [2.45, 2.75) is 25.9 Å². The third kappa shape index (κ3) is 5.18. The number of esters is 1. The SMILES string of the molecule is CCOC(=O)C[C@@H]1COCCN1Cc1cn(-c2ccccc2)nc1-c1cccc(OC)c1. The minimum Gasteiger partial charge on any atom is -0.497 e. The number of nitrogens with zero attached hydrogens (tertiary/aromatic N) is 3. The van der Waals surface area contributed by atoms with Gasteiger partial charge in [0.05, 0.1) is 44.7 Å². The third-order valence-electron chi connectivity index (χ3n) is 5.58. The summed E-state index contributed by atoms with van der Waals surface area (Å²) in [4.78, 5) is 14.4. The Morgan fingerprint density at radius 1 is 1.19 bits per heavy atom. The number of rotatable bonds is 8. The van der Waals surface area contributed by atoms with Crippen molar-refractivity contribution in [1.82, 2.24) is 14.7 Å². The lowest BCUT2D eigenvalue weighted by molar-refractivity contribution is -0.146. The van der Waals surface area contributed by atoms with Gasteiger partial charge in [0.25, 0.3) is 0 Å². The van der Waals surface area contributed by atoms with Crippen molar-refractivity contribution in [3.63, 3.8) is 0 Å². The van der Waals surface area contributed by atoms with Gasteiger partial charge < -0.3 is 14.2 Å². The molecule has 0 spiro atoms. The maximum Gasteiger partial charge on any atom is 0.307 e. The fourth-order valence-corrected chi connectivity index (χ4v) is 3.97. The zero-order chi connectivity index (χ0) is 22.3. The van der Waals surface area contributed by atoms with Crippen LogP contribution in [0.25, 0.3) is 16.9 Å². The number of methoxy groups -OCH3 is 1. The second-order valence-corrected chi connectivity index (χ2v) is 7.72. The molecule has 7 nitrogen and oxygen atoms in total. The lowest BCUT2D eigenvalue weighted by atomic mass is 10.1. The van der Waals surface area contributed by atoms with Crippen LogP contribution in [0.2, 0.25) is 0 Å². The average molecular weight is 436 g/mol. The summed E-state index contributed by atoms with van der Waals surface area (Å²) in [6.07, 6.45) is 2.39. The van der Waals surface area contributed by atoms with Crippen molar-refractivity contribution in [3.8, 4) is 22.7 Å². The molecule has 1 atom stereocenters. The summed E-state index contributed by atoms with van der Waals surface area (Å²) >= 11 is 0. The summed E-state index contributed by atoms with van der Waals surface area (Å²) in [5.74, 6) is 0.593. The molecular weight excluding hydrogens is 406 g/mol. The lowest BCUT2D eigenvalue weighted by Gasteiger charge is -2.35. The van der Waals surface area contributed by atoms with Crippen molar-refractivity contribution in [2.24, 2.45) is 0 Å². The Balaban J connectivity index is 1.66. The van der Waals surface area contributed by atoms with E-state index in [1.54, 1.807) is 7.11 Å². The van der Waals surface area contributed by atoms with Gasteiger partial charge in [-0.05, 0) is 31.2 Å². The summed E-state index contributed by atoms with van der Waals surface area (Å²) in [6, 6.07) is 18.0.